The molecule has 0 aliphatic carbocycles. The molecule has 0 aromatic carbocycles. The van der Waals surface area contributed by atoms with E-state index in [1.807, 2.05) is 6.92 Å². The second-order valence-electron chi connectivity index (χ2n) is 2.90. The number of carbonyl (C=O) groups is 1. The summed E-state index contributed by atoms with van der Waals surface area (Å²) < 4.78 is 5.08. The number of nitrogen functional groups attached to an aromatic ring is 1. The van der Waals surface area contributed by atoms with Crippen LogP contribution in [0, 0.1) is 0 Å². The first kappa shape index (κ1) is 12.3. The number of rotatable bonds is 6. The maximum absolute atomic E-state index is 11.5. The van der Waals surface area contributed by atoms with E-state index in [1.54, 1.807) is 6.07 Å². The Morgan fingerprint density at radius 1 is 1.50 bits per heavy atom. The van der Waals surface area contributed by atoms with Crippen LogP contribution in [0.3, 0.4) is 0 Å². The zero-order valence-corrected chi connectivity index (χ0v) is 9.06. The first-order chi connectivity index (χ1) is 7.77. The van der Waals surface area contributed by atoms with Gasteiger partial charge in [-0.3, -0.25) is 4.79 Å². The third kappa shape index (κ3) is 3.79. The number of hydrogen-bond acceptors (Lipinski definition) is 6. The normalized spacial score (nSPS) is 9.88. The number of hydrogen-bond donors (Lipinski definition) is 3. The van der Waals surface area contributed by atoms with E-state index < -0.39 is 0 Å². The lowest BCUT2D eigenvalue weighted by Crippen LogP contribution is -2.28. The van der Waals surface area contributed by atoms with Crippen LogP contribution in [-0.4, -0.2) is 35.9 Å². The molecule has 0 bridgehead atoms. The van der Waals surface area contributed by atoms with Gasteiger partial charge in [0.2, 0.25) is 0 Å². The molecule has 1 heterocycles. The summed E-state index contributed by atoms with van der Waals surface area (Å²) in [5.74, 6) is 5.25. The van der Waals surface area contributed by atoms with Gasteiger partial charge >= 0.3 is 0 Å². The molecule has 0 unspecified atom stereocenters. The third-order valence-electron chi connectivity index (χ3n) is 1.78. The highest BCUT2D eigenvalue weighted by atomic mass is 16.5. The number of amides is 1. The fourth-order valence-corrected chi connectivity index (χ4v) is 1.00. The van der Waals surface area contributed by atoms with E-state index in [1.165, 1.54) is 6.07 Å². The van der Waals surface area contributed by atoms with Crippen molar-refractivity contribution in [2.45, 2.75) is 6.92 Å². The van der Waals surface area contributed by atoms with Gasteiger partial charge in [0.05, 0.1) is 6.61 Å². The molecule has 0 radical (unpaired) electrons. The van der Waals surface area contributed by atoms with Gasteiger partial charge in [-0.2, -0.15) is 0 Å². The number of nitrogens with zero attached hydrogens (tertiary/aromatic N) is 2. The van der Waals surface area contributed by atoms with E-state index in [4.69, 9.17) is 10.6 Å². The lowest BCUT2D eigenvalue weighted by Gasteiger charge is -2.04. The summed E-state index contributed by atoms with van der Waals surface area (Å²) in [5.41, 5.74) is 2.57. The number of anilines is 1. The molecular weight excluding hydrogens is 210 g/mol. The molecule has 1 rings (SSSR count). The van der Waals surface area contributed by atoms with Crippen molar-refractivity contribution in [3.8, 4) is 0 Å². The zero-order valence-electron chi connectivity index (χ0n) is 9.06. The molecule has 7 heteroatoms. The Hall–Kier alpha value is -1.73. The summed E-state index contributed by atoms with van der Waals surface area (Å²) in [7, 11) is 0. The molecule has 0 aliphatic heterocycles. The summed E-state index contributed by atoms with van der Waals surface area (Å²) in [6, 6.07) is 3.11. The van der Waals surface area contributed by atoms with Crippen molar-refractivity contribution in [2.75, 3.05) is 25.2 Å². The molecule has 1 amide bonds. The summed E-state index contributed by atoms with van der Waals surface area (Å²) in [6.45, 7) is 3.46. The quantitative estimate of drug-likeness (QED) is 0.343. The maximum atomic E-state index is 11.5. The van der Waals surface area contributed by atoms with E-state index in [0.717, 1.165) is 0 Å². The highest BCUT2D eigenvalue weighted by Gasteiger charge is 2.06. The molecular formula is C9H15N5O2. The molecule has 16 heavy (non-hydrogen) atoms. The van der Waals surface area contributed by atoms with Gasteiger partial charge in [0, 0.05) is 13.2 Å². The van der Waals surface area contributed by atoms with Crippen molar-refractivity contribution in [1.82, 2.24) is 15.5 Å². The summed E-state index contributed by atoms with van der Waals surface area (Å²) >= 11 is 0. The minimum atomic E-state index is -0.282. The Morgan fingerprint density at radius 3 is 2.88 bits per heavy atom. The predicted octanol–water partition coefficient (Wildman–Crippen LogP) is -0.471. The number of hydrazine groups is 1. The third-order valence-corrected chi connectivity index (χ3v) is 1.78. The average Bonchev–Trinajstić information content (AvgIpc) is 2.34. The van der Waals surface area contributed by atoms with Crippen molar-refractivity contribution >= 4 is 11.7 Å². The van der Waals surface area contributed by atoms with Gasteiger partial charge in [0.15, 0.2) is 11.5 Å². The van der Waals surface area contributed by atoms with Gasteiger partial charge in [-0.15, -0.1) is 10.2 Å². The fourth-order valence-electron chi connectivity index (χ4n) is 1.00. The molecule has 0 spiro atoms. The van der Waals surface area contributed by atoms with Crippen molar-refractivity contribution in [3.63, 3.8) is 0 Å². The maximum Gasteiger partial charge on any atom is 0.271 e. The average molecular weight is 225 g/mol. The van der Waals surface area contributed by atoms with Crippen LogP contribution in [0.5, 0.6) is 0 Å². The molecule has 1 aromatic heterocycles. The van der Waals surface area contributed by atoms with Crippen LogP contribution >= 0.6 is 0 Å². The lowest BCUT2D eigenvalue weighted by atomic mass is 10.3. The van der Waals surface area contributed by atoms with Crippen LogP contribution in [0.15, 0.2) is 12.1 Å². The monoisotopic (exact) mass is 225 g/mol. The topological polar surface area (TPSA) is 102 Å². The minimum absolute atomic E-state index is 0.246. The molecule has 0 aliphatic rings. The largest absolute Gasteiger partial charge is 0.380 e. The number of aromatic nitrogens is 2. The highest BCUT2D eigenvalue weighted by molar-refractivity contribution is 5.92. The minimum Gasteiger partial charge on any atom is -0.380 e. The van der Waals surface area contributed by atoms with Crippen LogP contribution in [0.4, 0.5) is 5.82 Å². The van der Waals surface area contributed by atoms with E-state index in [2.05, 4.69) is 20.9 Å². The Morgan fingerprint density at radius 2 is 2.31 bits per heavy atom. The molecule has 0 saturated carbocycles. The second kappa shape index (κ2) is 6.70. The Kier molecular flexibility index (Phi) is 5.17. The molecule has 88 valence electrons. The zero-order chi connectivity index (χ0) is 11.8. The van der Waals surface area contributed by atoms with Crippen LogP contribution in [0.25, 0.3) is 0 Å². The predicted molar refractivity (Wildman–Crippen MR) is 58.7 cm³/mol. The highest BCUT2D eigenvalue weighted by Crippen LogP contribution is 1.99. The molecule has 0 saturated heterocycles. The summed E-state index contributed by atoms with van der Waals surface area (Å²) in [4.78, 5) is 11.5. The summed E-state index contributed by atoms with van der Waals surface area (Å²) in [5, 5.41) is 10.0. The van der Waals surface area contributed by atoms with Gasteiger partial charge in [-0.1, -0.05) is 0 Å². The Bertz CT molecular complexity index is 327. The first-order valence-electron chi connectivity index (χ1n) is 4.94. The summed E-state index contributed by atoms with van der Waals surface area (Å²) in [6.07, 6.45) is 0. The van der Waals surface area contributed by atoms with Crippen LogP contribution < -0.4 is 16.6 Å². The number of carbonyl (C=O) groups excluding carboxylic acids is 1. The standard InChI is InChI=1S/C9H15N5O2/c1-2-16-6-5-11-9(15)7-3-4-8(12-10)14-13-7/h3-4H,2,5-6,10H2,1H3,(H,11,15)(H,12,14). The van der Waals surface area contributed by atoms with Crippen LogP contribution in [0.1, 0.15) is 17.4 Å². The van der Waals surface area contributed by atoms with Crippen LogP contribution in [0.2, 0.25) is 0 Å². The van der Waals surface area contributed by atoms with E-state index in [-0.39, 0.29) is 11.6 Å². The first-order valence-corrected chi connectivity index (χ1v) is 4.94. The molecule has 7 nitrogen and oxygen atoms in total. The number of ether oxygens (including phenoxy) is 1. The van der Waals surface area contributed by atoms with Crippen molar-refractivity contribution < 1.29 is 9.53 Å². The van der Waals surface area contributed by atoms with E-state index >= 15 is 0 Å². The van der Waals surface area contributed by atoms with Crippen molar-refractivity contribution in [2.24, 2.45) is 5.84 Å². The smallest absolute Gasteiger partial charge is 0.271 e. The molecule has 4 N–H and O–H groups in total. The van der Waals surface area contributed by atoms with Gasteiger partial charge in [0.25, 0.3) is 5.91 Å². The SMILES string of the molecule is CCOCCNC(=O)c1ccc(NN)nn1. The van der Waals surface area contributed by atoms with E-state index in [0.29, 0.717) is 25.6 Å². The van der Waals surface area contributed by atoms with Crippen molar-refractivity contribution in [1.29, 1.82) is 0 Å². The van der Waals surface area contributed by atoms with Gasteiger partial charge in [-0.05, 0) is 19.1 Å². The van der Waals surface area contributed by atoms with Gasteiger partial charge in [-0.25, -0.2) is 5.84 Å². The molecule has 0 atom stereocenters. The van der Waals surface area contributed by atoms with E-state index in [9.17, 15) is 4.79 Å². The Labute approximate surface area is 93.3 Å². The number of nitrogens with two attached hydrogens (primary N) is 1. The molecule has 1 aromatic rings. The lowest BCUT2D eigenvalue weighted by molar-refractivity contribution is 0.0917. The molecule has 0 fully saturated rings. The fraction of sp³-hybridized carbons (Fsp3) is 0.444. The van der Waals surface area contributed by atoms with Crippen molar-refractivity contribution in [3.05, 3.63) is 17.8 Å². The number of nitrogens with one attached hydrogen (secondary N) is 2. The van der Waals surface area contributed by atoms with Gasteiger partial charge < -0.3 is 15.5 Å². The Balaban J connectivity index is 2.40. The second-order valence-corrected chi connectivity index (χ2v) is 2.90. The van der Waals surface area contributed by atoms with Crippen LogP contribution in [-0.2, 0) is 4.74 Å². The van der Waals surface area contributed by atoms with Gasteiger partial charge in [0.1, 0.15) is 0 Å².